The van der Waals surface area contributed by atoms with Crippen LogP contribution in [-0.2, 0) is 16.1 Å². The van der Waals surface area contributed by atoms with Crippen molar-refractivity contribution in [3.63, 3.8) is 0 Å². The van der Waals surface area contributed by atoms with E-state index >= 15 is 0 Å². The largest absolute Gasteiger partial charge is 0.493 e. The van der Waals surface area contributed by atoms with Crippen molar-refractivity contribution in [1.82, 2.24) is 0 Å². The molecule has 0 spiro atoms. The van der Waals surface area contributed by atoms with Crippen LogP contribution in [0.15, 0.2) is 65.3 Å². The Morgan fingerprint density at radius 2 is 1.97 bits per heavy atom. The second-order valence-electron chi connectivity index (χ2n) is 8.99. The topological polar surface area (TPSA) is 94.6 Å². The van der Waals surface area contributed by atoms with E-state index in [1.165, 1.54) is 0 Å². The molecule has 6 nitrogen and oxygen atoms in total. The van der Waals surface area contributed by atoms with Crippen LogP contribution in [0.3, 0.4) is 0 Å². The molecular formula is C26H25ClN2O4. The Kier molecular flexibility index (Phi) is 6.09. The molecule has 33 heavy (non-hydrogen) atoms. The van der Waals surface area contributed by atoms with Gasteiger partial charge in [-0.05, 0) is 29.2 Å². The van der Waals surface area contributed by atoms with Crippen molar-refractivity contribution in [3.05, 3.63) is 81.4 Å². The molecule has 2 N–H and O–H groups in total. The van der Waals surface area contributed by atoms with Gasteiger partial charge in [-0.25, -0.2) is 0 Å². The average Bonchev–Trinajstić information content (AvgIpc) is 2.76. The average molecular weight is 465 g/mol. The zero-order valence-electron chi connectivity index (χ0n) is 18.8. The Morgan fingerprint density at radius 3 is 2.67 bits per heavy atom. The zero-order valence-corrected chi connectivity index (χ0v) is 19.5. The molecule has 0 bridgehead atoms. The summed E-state index contributed by atoms with van der Waals surface area (Å²) in [6.45, 7) is 4.30. The van der Waals surface area contributed by atoms with Crippen LogP contribution in [0.5, 0.6) is 11.5 Å². The molecule has 2 aromatic rings. The van der Waals surface area contributed by atoms with E-state index in [1.807, 2.05) is 38.1 Å². The van der Waals surface area contributed by atoms with Gasteiger partial charge >= 0.3 is 0 Å². The molecule has 7 heteroatoms. The maximum Gasteiger partial charge on any atom is 0.205 e. The molecule has 1 aliphatic carbocycles. The first-order chi connectivity index (χ1) is 15.7. The van der Waals surface area contributed by atoms with Crippen molar-refractivity contribution in [2.75, 3.05) is 7.11 Å². The molecule has 1 atom stereocenters. The van der Waals surface area contributed by atoms with Gasteiger partial charge in [0, 0.05) is 29.0 Å². The summed E-state index contributed by atoms with van der Waals surface area (Å²) in [5, 5.41) is 10.4. The lowest BCUT2D eigenvalue weighted by molar-refractivity contribution is -0.119. The van der Waals surface area contributed by atoms with Crippen LogP contribution < -0.4 is 15.2 Å². The van der Waals surface area contributed by atoms with Crippen molar-refractivity contribution >= 4 is 17.4 Å². The number of halogens is 1. The van der Waals surface area contributed by atoms with Gasteiger partial charge in [0.2, 0.25) is 5.88 Å². The molecule has 2 aromatic carbocycles. The maximum absolute atomic E-state index is 13.1. The van der Waals surface area contributed by atoms with E-state index in [4.69, 9.17) is 31.5 Å². The predicted octanol–water partition coefficient (Wildman–Crippen LogP) is 5.38. The molecule has 1 aliphatic heterocycles. The molecule has 4 rings (SSSR count). The molecule has 0 amide bonds. The van der Waals surface area contributed by atoms with Gasteiger partial charge in [0.1, 0.15) is 24.0 Å². The number of nitrogens with zero attached hydrogens (tertiary/aromatic N) is 1. The highest BCUT2D eigenvalue weighted by molar-refractivity contribution is 6.31. The van der Waals surface area contributed by atoms with Gasteiger partial charge in [-0.2, -0.15) is 5.26 Å². The first-order valence-corrected chi connectivity index (χ1v) is 11.0. The number of rotatable bonds is 5. The fourth-order valence-electron chi connectivity index (χ4n) is 4.37. The van der Waals surface area contributed by atoms with Crippen molar-refractivity contribution < 1.29 is 19.0 Å². The van der Waals surface area contributed by atoms with E-state index in [0.717, 1.165) is 5.56 Å². The number of allylic oxidation sites excluding steroid dienone is 3. The molecule has 1 heterocycles. The fraction of sp³-hybridized carbons (Fsp3) is 0.308. The van der Waals surface area contributed by atoms with Crippen molar-refractivity contribution in [2.45, 2.75) is 39.2 Å². The van der Waals surface area contributed by atoms with Gasteiger partial charge in [-0.15, -0.1) is 0 Å². The van der Waals surface area contributed by atoms with Crippen molar-refractivity contribution in [1.29, 1.82) is 5.26 Å². The predicted molar refractivity (Wildman–Crippen MR) is 124 cm³/mol. The summed E-state index contributed by atoms with van der Waals surface area (Å²) in [5.74, 6) is 0.917. The van der Waals surface area contributed by atoms with E-state index in [0.29, 0.717) is 46.3 Å². The zero-order chi connectivity index (χ0) is 23.8. The molecule has 0 fully saturated rings. The third kappa shape index (κ3) is 4.42. The number of Topliss-reactive ketones (excluding diaryl/α,β-unsaturated/α-hetero) is 1. The standard InChI is InChI=1S/C26H25ClN2O4/c1-26(2)11-19(30)24-22(12-26)33-25(29)17(13-28)23(24)15-8-9-20(21(10-15)31-3)32-14-16-6-4-5-7-18(16)27/h4-10,23H,11-12,14,29H2,1-3H3/t23-/m1/s1. The van der Waals surface area contributed by atoms with Gasteiger partial charge in [-0.1, -0.05) is 49.7 Å². The van der Waals surface area contributed by atoms with Gasteiger partial charge in [0.05, 0.1) is 13.0 Å². The van der Waals surface area contributed by atoms with E-state index in [1.54, 1.807) is 25.3 Å². The van der Waals surface area contributed by atoms with Crippen molar-refractivity contribution in [3.8, 4) is 17.6 Å². The molecule has 0 saturated carbocycles. The van der Waals surface area contributed by atoms with E-state index in [-0.39, 0.29) is 29.3 Å². The normalized spacial score (nSPS) is 19.5. The van der Waals surface area contributed by atoms with Gasteiger partial charge in [-0.3, -0.25) is 4.79 Å². The second-order valence-corrected chi connectivity index (χ2v) is 9.40. The third-order valence-electron chi connectivity index (χ3n) is 5.94. The fourth-order valence-corrected chi connectivity index (χ4v) is 4.56. The Balaban J connectivity index is 1.71. The number of ketones is 1. The number of carbonyl (C=O) groups is 1. The summed E-state index contributed by atoms with van der Waals surface area (Å²) >= 11 is 6.23. The van der Waals surface area contributed by atoms with Crippen molar-refractivity contribution in [2.24, 2.45) is 11.1 Å². The van der Waals surface area contributed by atoms with E-state index < -0.39 is 5.92 Å². The summed E-state index contributed by atoms with van der Waals surface area (Å²) in [7, 11) is 1.54. The van der Waals surface area contributed by atoms with Gasteiger partial charge in [0.25, 0.3) is 0 Å². The lowest BCUT2D eigenvalue weighted by atomic mass is 9.70. The highest BCUT2D eigenvalue weighted by atomic mass is 35.5. The second kappa shape index (κ2) is 8.84. The van der Waals surface area contributed by atoms with Crippen LogP contribution in [0, 0.1) is 16.7 Å². The maximum atomic E-state index is 13.1. The summed E-state index contributed by atoms with van der Waals surface area (Å²) < 4.78 is 17.3. The molecule has 0 aromatic heterocycles. The SMILES string of the molecule is COc1cc([C@@H]2C(C#N)=C(N)OC3=C2C(=O)CC(C)(C)C3)ccc1OCc1ccccc1Cl. The molecule has 0 radical (unpaired) electrons. The summed E-state index contributed by atoms with van der Waals surface area (Å²) in [6, 6.07) is 15.0. The van der Waals surface area contributed by atoms with Crippen LogP contribution >= 0.6 is 11.6 Å². The summed E-state index contributed by atoms with van der Waals surface area (Å²) in [4.78, 5) is 13.1. The Morgan fingerprint density at radius 1 is 1.21 bits per heavy atom. The quantitative estimate of drug-likeness (QED) is 0.638. The van der Waals surface area contributed by atoms with Crippen LogP contribution in [-0.4, -0.2) is 12.9 Å². The number of carbonyl (C=O) groups excluding carboxylic acids is 1. The first kappa shape index (κ1) is 22.8. The van der Waals surface area contributed by atoms with Crippen LogP contribution in [0.4, 0.5) is 0 Å². The number of hydrogen-bond donors (Lipinski definition) is 1. The molecule has 170 valence electrons. The summed E-state index contributed by atoms with van der Waals surface area (Å²) in [6.07, 6.45) is 0.945. The molecule has 2 aliphatic rings. The molecular weight excluding hydrogens is 440 g/mol. The van der Waals surface area contributed by atoms with Gasteiger partial charge < -0.3 is 19.9 Å². The Hall–Kier alpha value is -3.43. The lowest BCUT2D eigenvalue weighted by Gasteiger charge is -2.37. The number of nitriles is 1. The monoisotopic (exact) mass is 464 g/mol. The third-order valence-corrected chi connectivity index (χ3v) is 6.31. The molecule has 0 unspecified atom stereocenters. The first-order valence-electron chi connectivity index (χ1n) is 10.6. The Labute approximate surface area is 198 Å². The molecule has 0 saturated heterocycles. The van der Waals surface area contributed by atoms with Crippen LogP contribution in [0.1, 0.15) is 43.7 Å². The number of hydrogen-bond acceptors (Lipinski definition) is 6. The smallest absolute Gasteiger partial charge is 0.205 e. The number of methoxy groups -OCH3 is 1. The number of nitrogens with two attached hydrogens (primary N) is 1. The van der Waals surface area contributed by atoms with E-state index in [9.17, 15) is 10.1 Å². The highest BCUT2D eigenvalue weighted by Crippen LogP contribution is 2.48. The Bertz CT molecular complexity index is 1220. The minimum atomic E-state index is -0.617. The lowest BCUT2D eigenvalue weighted by Crippen LogP contribution is -2.33. The van der Waals surface area contributed by atoms with Crippen LogP contribution in [0.2, 0.25) is 5.02 Å². The van der Waals surface area contributed by atoms with Gasteiger partial charge in [0.15, 0.2) is 17.3 Å². The summed E-state index contributed by atoms with van der Waals surface area (Å²) in [5.41, 5.74) is 8.14. The van der Waals surface area contributed by atoms with Crippen LogP contribution in [0.25, 0.3) is 0 Å². The number of ether oxygens (including phenoxy) is 3. The minimum absolute atomic E-state index is 0.0322. The minimum Gasteiger partial charge on any atom is -0.493 e. The van der Waals surface area contributed by atoms with E-state index in [2.05, 4.69) is 6.07 Å². The highest BCUT2D eigenvalue weighted by Gasteiger charge is 2.43. The number of benzene rings is 2.